The predicted molar refractivity (Wildman–Crippen MR) is 81.8 cm³/mol. The molecule has 0 radical (unpaired) electrons. The third-order valence-corrected chi connectivity index (χ3v) is 3.10. The molecule has 0 aliphatic heterocycles. The molecule has 0 aliphatic rings. The minimum atomic E-state index is 0.0458. The highest BCUT2D eigenvalue weighted by Crippen LogP contribution is 2.17. The van der Waals surface area contributed by atoms with E-state index in [1.807, 2.05) is 42.3 Å². The Kier molecular flexibility index (Phi) is 4.61. The van der Waals surface area contributed by atoms with Gasteiger partial charge < -0.3 is 20.6 Å². The number of nitrogens with zero attached hydrogens (tertiary/aromatic N) is 3. The van der Waals surface area contributed by atoms with E-state index in [-0.39, 0.29) is 5.84 Å². The summed E-state index contributed by atoms with van der Waals surface area (Å²) in [5, 5.41) is 11.6. The largest absolute Gasteiger partial charge is 0.497 e. The number of ether oxygens (including phenoxy) is 1. The minimum Gasteiger partial charge on any atom is -0.497 e. The van der Waals surface area contributed by atoms with Crippen LogP contribution in [-0.4, -0.2) is 30.2 Å². The van der Waals surface area contributed by atoms with Gasteiger partial charge in [-0.2, -0.15) is 0 Å². The van der Waals surface area contributed by atoms with Crippen molar-refractivity contribution in [3.63, 3.8) is 0 Å². The van der Waals surface area contributed by atoms with Crippen molar-refractivity contribution < 1.29 is 9.94 Å². The van der Waals surface area contributed by atoms with Crippen LogP contribution >= 0.6 is 0 Å². The maximum absolute atomic E-state index is 8.62. The standard InChI is InChI=1S/C15H18N4O2/c1-19(10-11-4-3-5-13(8-11)21-2)14-7-6-12(9-17-14)15(16)18-20/h3-9,20H,10H2,1-2H3,(H2,16,18). The first-order chi connectivity index (χ1) is 10.1. The van der Waals surface area contributed by atoms with Crippen LogP contribution in [0.2, 0.25) is 0 Å². The van der Waals surface area contributed by atoms with Gasteiger partial charge in [0.2, 0.25) is 0 Å². The molecule has 1 aromatic heterocycles. The molecule has 0 aliphatic carbocycles. The van der Waals surface area contributed by atoms with Crippen molar-refractivity contribution in [2.75, 3.05) is 19.1 Å². The van der Waals surface area contributed by atoms with Crippen molar-refractivity contribution in [2.24, 2.45) is 10.9 Å². The van der Waals surface area contributed by atoms with Crippen molar-refractivity contribution >= 4 is 11.7 Å². The van der Waals surface area contributed by atoms with Crippen molar-refractivity contribution in [1.29, 1.82) is 0 Å². The number of amidine groups is 1. The first-order valence-electron chi connectivity index (χ1n) is 6.42. The molecule has 3 N–H and O–H groups in total. The van der Waals surface area contributed by atoms with E-state index in [1.165, 1.54) is 0 Å². The van der Waals surface area contributed by atoms with Gasteiger partial charge >= 0.3 is 0 Å². The van der Waals surface area contributed by atoms with E-state index >= 15 is 0 Å². The third-order valence-electron chi connectivity index (χ3n) is 3.10. The number of benzene rings is 1. The Balaban J connectivity index is 2.10. The monoisotopic (exact) mass is 286 g/mol. The summed E-state index contributed by atoms with van der Waals surface area (Å²) in [5.74, 6) is 1.67. The number of anilines is 1. The Morgan fingerprint density at radius 3 is 2.81 bits per heavy atom. The zero-order valence-electron chi connectivity index (χ0n) is 12.0. The predicted octanol–water partition coefficient (Wildman–Crippen LogP) is 1.82. The lowest BCUT2D eigenvalue weighted by Crippen LogP contribution is -2.19. The van der Waals surface area contributed by atoms with Crippen molar-refractivity contribution in [3.05, 3.63) is 53.7 Å². The molecule has 0 saturated heterocycles. The van der Waals surface area contributed by atoms with Gasteiger partial charge in [-0.15, -0.1) is 0 Å². The Hall–Kier alpha value is -2.76. The van der Waals surface area contributed by atoms with Crippen LogP contribution in [0, 0.1) is 0 Å². The van der Waals surface area contributed by atoms with E-state index in [4.69, 9.17) is 15.7 Å². The van der Waals surface area contributed by atoms with Crippen LogP contribution in [0.25, 0.3) is 0 Å². The quantitative estimate of drug-likeness (QED) is 0.379. The van der Waals surface area contributed by atoms with Gasteiger partial charge in [0.1, 0.15) is 11.6 Å². The Bertz CT molecular complexity index is 626. The minimum absolute atomic E-state index is 0.0458. The van der Waals surface area contributed by atoms with Gasteiger partial charge in [0.15, 0.2) is 5.84 Å². The van der Waals surface area contributed by atoms with Crippen molar-refractivity contribution in [2.45, 2.75) is 6.54 Å². The molecule has 0 saturated carbocycles. The molecule has 2 rings (SSSR count). The van der Waals surface area contributed by atoms with Crippen LogP contribution in [0.5, 0.6) is 5.75 Å². The Morgan fingerprint density at radius 1 is 1.38 bits per heavy atom. The van der Waals surface area contributed by atoms with E-state index < -0.39 is 0 Å². The molecule has 0 spiro atoms. The zero-order chi connectivity index (χ0) is 15.2. The highest BCUT2D eigenvalue weighted by atomic mass is 16.5. The van der Waals surface area contributed by atoms with E-state index in [2.05, 4.69) is 10.1 Å². The van der Waals surface area contributed by atoms with Gasteiger partial charge in [0, 0.05) is 25.4 Å². The molecule has 0 atom stereocenters. The third kappa shape index (κ3) is 3.62. The fraction of sp³-hybridized carbons (Fsp3) is 0.200. The molecule has 2 aromatic rings. The summed E-state index contributed by atoms with van der Waals surface area (Å²) >= 11 is 0. The van der Waals surface area contributed by atoms with Gasteiger partial charge in [-0.05, 0) is 29.8 Å². The molecular weight excluding hydrogens is 268 g/mol. The number of aromatic nitrogens is 1. The lowest BCUT2D eigenvalue weighted by molar-refractivity contribution is 0.318. The number of rotatable bonds is 5. The van der Waals surface area contributed by atoms with Gasteiger partial charge in [-0.1, -0.05) is 17.3 Å². The van der Waals surface area contributed by atoms with Crippen LogP contribution in [0.3, 0.4) is 0 Å². The second-order valence-corrected chi connectivity index (χ2v) is 4.60. The Morgan fingerprint density at radius 2 is 2.19 bits per heavy atom. The van der Waals surface area contributed by atoms with Crippen LogP contribution in [-0.2, 0) is 6.54 Å². The summed E-state index contributed by atoms with van der Waals surface area (Å²) in [7, 11) is 3.60. The molecule has 0 fully saturated rings. The van der Waals surface area contributed by atoms with Crippen LogP contribution in [0.15, 0.2) is 47.8 Å². The number of hydrogen-bond acceptors (Lipinski definition) is 5. The number of methoxy groups -OCH3 is 1. The van der Waals surface area contributed by atoms with Crippen molar-refractivity contribution in [1.82, 2.24) is 4.98 Å². The lowest BCUT2D eigenvalue weighted by Gasteiger charge is -2.18. The second kappa shape index (κ2) is 6.60. The lowest BCUT2D eigenvalue weighted by atomic mass is 10.2. The van der Waals surface area contributed by atoms with E-state index in [0.29, 0.717) is 12.1 Å². The summed E-state index contributed by atoms with van der Waals surface area (Å²) in [6, 6.07) is 11.5. The normalized spacial score (nSPS) is 11.2. The molecule has 1 aromatic carbocycles. The number of pyridine rings is 1. The number of hydrogen-bond donors (Lipinski definition) is 2. The molecular formula is C15H18N4O2. The summed E-state index contributed by atoms with van der Waals surface area (Å²) < 4.78 is 5.21. The molecule has 110 valence electrons. The summed E-state index contributed by atoms with van der Waals surface area (Å²) in [6.45, 7) is 0.702. The maximum Gasteiger partial charge on any atom is 0.171 e. The fourth-order valence-corrected chi connectivity index (χ4v) is 1.95. The topological polar surface area (TPSA) is 84.0 Å². The molecule has 21 heavy (non-hydrogen) atoms. The highest BCUT2D eigenvalue weighted by Gasteiger charge is 2.06. The van der Waals surface area contributed by atoms with Gasteiger partial charge in [0.25, 0.3) is 0 Å². The van der Waals surface area contributed by atoms with Gasteiger partial charge in [-0.3, -0.25) is 0 Å². The zero-order valence-corrected chi connectivity index (χ0v) is 12.0. The average Bonchev–Trinajstić information content (AvgIpc) is 2.54. The van der Waals surface area contributed by atoms with Gasteiger partial charge in [0.05, 0.1) is 7.11 Å². The SMILES string of the molecule is COc1cccc(CN(C)c2ccc(C(N)=NO)cn2)c1. The van der Waals surface area contributed by atoms with Gasteiger partial charge in [-0.25, -0.2) is 4.98 Å². The maximum atomic E-state index is 8.62. The summed E-state index contributed by atoms with van der Waals surface area (Å²) in [6.07, 6.45) is 1.58. The number of nitrogens with two attached hydrogens (primary N) is 1. The Labute approximate surface area is 123 Å². The molecule has 1 heterocycles. The molecule has 0 amide bonds. The molecule has 0 bridgehead atoms. The molecule has 0 unspecified atom stereocenters. The fourth-order valence-electron chi connectivity index (χ4n) is 1.95. The second-order valence-electron chi connectivity index (χ2n) is 4.60. The van der Waals surface area contributed by atoms with Crippen LogP contribution in [0.1, 0.15) is 11.1 Å². The molecule has 6 nitrogen and oxygen atoms in total. The van der Waals surface area contributed by atoms with E-state index in [9.17, 15) is 0 Å². The van der Waals surface area contributed by atoms with E-state index in [1.54, 1.807) is 19.4 Å². The average molecular weight is 286 g/mol. The highest BCUT2D eigenvalue weighted by molar-refractivity contribution is 5.96. The van der Waals surface area contributed by atoms with E-state index in [0.717, 1.165) is 17.1 Å². The van der Waals surface area contributed by atoms with Crippen molar-refractivity contribution in [3.8, 4) is 5.75 Å². The summed E-state index contributed by atoms with van der Waals surface area (Å²) in [5.41, 5.74) is 7.21. The van der Waals surface area contributed by atoms with Crippen LogP contribution in [0.4, 0.5) is 5.82 Å². The molecule has 6 heteroatoms. The smallest absolute Gasteiger partial charge is 0.171 e. The summed E-state index contributed by atoms with van der Waals surface area (Å²) in [4.78, 5) is 6.31. The first-order valence-corrected chi connectivity index (χ1v) is 6.42. The van der Waals surface area contributed by atoms with Crippen LogP contribution < -0.4 is 15.4 Å². The first kappa shape index (κ1) is 14.6. The number of oxime groups is 1.